The smallest absolute Gasteiger partial charge is 0.298 e. The SMILES string of the molecule is COc1ccnc(-c2cc(OC=O)cc(-c3cc(OC)ccn3)n2)c1. The van der Waals surface area contributed by atoms with Gasteiger partial charge in [-0.2, -0.15) is 0 Å². The van der Waals surface area contributed by atoms with Crippen LogP contribution >= 0.6 is 0 Å². The van der Waals surface area contributed by atoms with Crippen molar-refractivity contribution in [3.05, 3.63) is 48.8 Å². The Balaban J connectivity index is 2.12. The van der Waals surface area contributed by atoms with E-state index < -0.39 is 0 Å². The predicted molar refractivity (Wildman–Crippen MR) is 90.5 cm³/mol. The minimum absolute atomic E-state index is 0.337. The lowest BCUT2D eigenvalue weighted by Crippen LogP contribution is -1.97. The van der Waals surface area contributed by atoms with Crippen molar-refractivity contribution in [2.75, 3.05) is 14.2 Å². The van der Waals surface area contributed by atoms with E-state index in [-0.39, 0.29) is 0 Å². The highest BCUT2D eigenvalue weighted by Gasteiger charge is 2.11. The molecule has 0 amide bonds. The summed E-state index contributed by atoms with van der Waals surface area (Å²) in [6.45, 7) is 0.362. The van der Waals surface area contributed by atoms with Crippen LogP contribution in [0.25, 0.3) is 22.8 Å². The molecule has 7 heteroatoms. The first kappa shape index (κ1) is 16.4. The third-order valence-corrected chi connectivity index (χ3v) is 3.44. The number of ether oxygens (including phenoxy) is 3. The molecule has 3 rings (SSSR count). The maximum absolute atomic E-state index is 10.8. The minimum Gasteiger partial charge on any atom is -0.497 e. The van der Waals surface area contributed by atoms with Crippen molar-refractivity contribution in [1.29, 1.82) is 0 Å². The Bertz CT molecular complexity index is 833. The maximum atomic E-state index is 10.8. The van der Waals surface area contributed by atoms with Crippen LogP contribution in [0.3, 0.4) is 0 Å². The number of hydrogen-bond donors (Lipinski definition) is 0. The van der Waals surface area contributed by atoms with Crippen molar-refractivity contribution in [2.24, 2.45) is 0 Å². The average Bonchev–Trinajstić information content (AvgIpc) is 2.68. The summed E-state index contributed by atoms with van der Waals surface area (Å²) >= 11 is 0. The van der Waals surface area contributed by atoms with Crippen molar-refractivity contribution in [3.63, 3.8) is 0 Å². The zero-order valence-electron chi connectivity index (χ0n) is 13.7. The molecule has 7 nitrogen and oxygen atoms in total. The molecule has 3 aromatic heterocycles. The van der Waals surface area contributed by atoms with Gasteiger partial charge in [-0.05, 0) is 12.1 Å². The Morgan fingerprint density at radius 1 is 0.760 bits per heavy atom. The molecule has 0 aliphatic rings. The number of carbonyl (C=O) groups excluding carboxylic acids is 1. The number of pyridine rings is 3. The van der Waals surface area contributed by atoms with E-state index in [4.69, 9.17) is 14.2 Å². The van der Waals surface area contributed by atoms with E-state index in [0.717, 1.165) is 0 Å². The van der Waals surface area contributed by atoms with Crippen molar-refractivity contribution < 1.29 is 19.0 Å². The van der Waals surface area contributed by atoms with Crippen LogP contribution in [0.5, 0.6) is 17.2 Å². The lowest BCUT2D eigenvalue weighted by atomic mass is 10.1. The number of methoxy groups -OCH3 is 2. The molecule has 0 radical (unpaired) electrons. The topological polar surface area (TPSA) is 83.4 Å². The molecule has 0 aromatic carbocycles. The summed E-state index contributed by atoms with van der Waals surface area (Å²) in [6, 6.07) is 10.2. The van der Waals surface area contributed by atoms with Gasteiger partial charge < -0.3 is 14.2 Å². The minimum atomic E-state index is 0.337. The van der Waals surface area contributed by atoms with E-state index in [1.165, 1.54) is 0 Å². The molecule has 25 heavy (non-hydrogen) atoms. The molecule has 0 spiro atoms. The third kappa shape index (κ3) is 3.72. The number of rotatable bonds is 6. The van der Waals surface area contributed by atoms with Crippen LogP contribution in [-0.2, 0) is 4.79 Å². The average molecular weight is 337 g/mol. The highest BCUT2D eigenvalue weighted by Crippen LogP contribution is 2.29. The van der Waals surface area contributed by atoms with E-state index >= 15 is 0 Å². The largest absolute Gasteiger partial charge is 0.497 e. The van der Waals surface area contributed by atoms with Crippen LogP contribution in [0, 0.1) is 0 Å². The highest BCUT2D eigenvalue weighted by atomic mass is 16.5. The van der Waals surface area contributed by atoms with Gasteiger partial charge >= 0.3 is 0 Å². The van der Waals surface area contributed by atoms with E-state index in [2.05, 4.69) is 15.0 Å². The van der Waals surface area contributed by atoms with Gasteiger partial charge in [-0.3, -0.25) is 14.8 Å². The first-order valence-corrected chi connectivity index (χ1v) is 7.36. The first-order chi connectivity index (χ1) is 12.2. The summed E-state index contributed by atoms with van der Waals surface area (Å²) in [5.41, 5.74) is 2.22. The van der Waals surface area contributed by atoms with Gasteiger partial charge in [0.25, 0.3) is 6.47 Å². The molecule has 0 atom stereocenters. The molecule has 126 valence electrons. The molecule has 3 aromatic rings. The normalized spacial score (nSPS) is 10.2. The number of aromatic nitrogens is 3. The van der Waals surface area contributed by atoms with Crippen LogP contribution in [-0.4, -0.2) is 35.6 Å². The lowest BCUT2D eigenvalue weighted by Gasteiger charge is -2.09. The standard InChI is InChI=1S/C18H15N3O4/c1-23-12-3-5-19-15(7-12)17-9-14(25-11-22)10-18(21-17)16-8-13(24-2)4-6-20-16/h3-11H,1-2H3. The summed E-state index contributed by atoms with van der Waals surface area (Å²) < 4.78 is 15.4. The Labute approximate surface area is 144 Å². The quantitative estimate of drug-likeness (QED) is 0.639. The fraction of sp³-hybridized carbons (Fsp3) is 0.111. The predicted octanol–water partition coefficient (Wildman–Crippen LogP) is 2.76. The highest BCUT2D eigenvalue weighted by molar-refractivity contribution is 5.67. The number of carbonyl (C=O) groups is 1. The summed E-state index contributed by atoms with van der Waals surface area (Å²) in [7, 11) is 3.15. The van der Waals surface area contributed by atoms with E-state index in [0.29, 0.717) is 46.5 Å². The third-order valence-electron chi connectivity index (χ3n) is 3.44. The second-order valence-corrected chi connectivity index (χ2v) is 4.95. The van der Waals surface area contributed by atoms with Gasteiger partial charge in [0.2, 0.25) is 0 Å². The Hall–Kier alpha value is -3.48. The summed E-state index contributed by atoms with van der Waals surface area (Å²) in [6.07, 6.45) is 3.24. The Kier molecular flexibility index (Phi) is 4.84. The Morgan fingerprint density at radius 2 is 1.24 bits per heavy atom. The van der Waals surface area contributed by atoms with Gasteiger partial charge in [-0.1, -0.05) is 0 Å². The molecular weight excluding hydrogens is 322 g/mol. The molecular formula is C18H15N3O4. The molecule has 0 fully saturated rings. The molecule has 0 saturated carbocycles. The molecule has 0 saturated heterocycles. The molecule has 0 aliphatic heterocycles. The summed E-state index contributed by atoms with van der Waals surface area (Å²) in [4.78, 5) is 23.9. The van der Waals surface area contributed by atoms with Crippen molar-refractivity contribution in [1.82, 2.24) is 15.0 Å². The monoisotopic (exact) mass is 337 g/mol. The van der Waals surface area contributed by atoms with Gasteiger partial charge in [0.1, 0.15) is 17.2 Å². The first-order valence-electron chi connectivity index (χ1n) is 7.36. The zero-order chi connectivity index (χ0) is 17.6. The van der Waals surface area contributed by atoms with Crippen LogP contribution in [0.4, 0.5) is 0 Å². The zero-order valence-corrected chi connectivity index (χ0v) is 13.7. The molecule has 0 bridgehead atoms. The van der Waals surface area contributed by atoms with Crippen LogP contribution in [0.15, 0.2) is 48.8 Å². The van der Waals surface area contributed by atoms with Crippen molar-refractivity contribution in [3.8, 4) is 40.0 Å². The van der Waals surface area contributed by atoms with Gasteiger partial charge in [0.15, 0.2) is 0 Å². The fourth-order valence-electron chi connectivity index (χ4n) is 2.25. The van der Waals surface area contributed by atoms with Crippen molar-refractivity contribution >= 4 is 6.47 Å². The second-order valence-electron chi connectivity index (χ2n) is 4.95. The second kappa shape index (κ2) is 7.39. The van der Waals surface area contributed by atoms with Gasteiger partial charge in [0.05, 0.1) is 37.0 Å². The van der Waals surface area contributed by atoms with Crippen LogP contribution < -0.4 is 14.2 Å². The van der Waals surface area contributed by atoms with E-state index in [1.54, 1.807) is 63.0 Å². The maximum Gasteiger partial charge on any atom is 0.298 e. The van der Waals surface area contributed by atoms with Gasteiger partial charge in [-0.25, -0.2) is 4.98 Å². The van der Waals surface area contributed by atoms with Crippen LogP contribution in [0.2, 0.25) is 0 Å². The summed E-state index contributed by atoms with van der Waals surface area (Å²) in [5.74, 6) is 1.63. The van der Waals surface area contributed by atoms with Gasteiger partial charge in [-0.15, -0.1) is 0 Å². The summed E-state index contributed by atoms with van der Waals surface area (Å²) in [5, 5.41) is 0. The molecule has 3 heterocycles. The fourth-order valence-corrected chi connectivity index (χ4v) is 2.25. The number of hydrogen-bond acceptors (Lipinski definition) is 7. The lowest BCUT2D eigenvalue weighted by molar-refractivity contribution is -0.120. The van der Waals surface area contributed by atoms with E-state index in [1.807, 2.05) is 0 Å². The molecule has 0 N–H and O–H groups in total. The molecule has 0 unspecified atom stereocenters. The number of nitrogens with zero attached hydrogens (tertiary/aromatic N) is 3. The van der Waals surface area contributed by atoms with E-state index in [9.17, 15) is 4.79 Å². The van der Waals surface area contributed by atoms with Gasteiger partial charge in [0, 0.05) is 36.7 Å². The Morgan fingerprint density at radius 3 is 1.68 bits per heavy atom. The van der Waals surface area contributed by atoms with Crippen LogP contribution in [0.1, 0.15) is 0 Å². The van der Waals surface area contributed by atoms with Crippen molar-refractivity contribution in [2.45, 2.75) is 0 Å². The molecule has 0 aliphatic carbocycles.